The van der Waals surface area contributed by atoms with Crippen LogP contribution in [0.5, 0.6) is 0 Å². The van der Waals surface area contributed by atoms with Crippen LogP contribution in [0.25, 0.3) is 0 Å². The van der Waals surface area contributed by atoms with Crippen molar-refractivity contribution in [2.24, 2.45) is 0 Å². The van der Waals surface area contributed by atoms with Crippen LogP contribution in [0.15, 0.2) is 0 Å². The lowest BCUT2D eigenvalue weighted by atomic mass is 10.1. The lowest BCUT2D eigenvalue weighted by Crippen LogP contribution is -2.43. The highest BCUT2D eigenvalue weighted by atomic mass is 16.4. The molecule has 3 amide bonds. The van der Waals surface area contributed by atoms with Crippen LogP contribution in [0.2, 0.25) is 0 Å². The van der Waals surface area contributed by atoms with Gasteiger partial charge in [0.25, 0.3) is 0 Å². The van der Waals surface area contributed by atoms with Gasteiger partial charge in [0.1, 0.15) is 0 Å². The minimum absolute atomic E-state index is 0.0475. The average Bonchev–Trinajstić information content (AvgIpc) is 2.39. The van der Waals surface area contributed by atoms with Crippen molar-refractivity contribution < 1.29 is 19.5 Å². The number of aliphatic carboxylic acids is 1. The zero-order chi connectivity index (χ0) is 14.8. The fourth-order valence-electron chi connectivity index (χ4n) is 2.14. The second-order valence-corrected chi connectivity index (χ2v) is 4.95. The van der Waals surface area contributed by atoms with E-state index >= 15 is 0 Å². The highest BCUT2D eigenvalue weighted by Crippen LogP contribution is 2.07. The Hall–Kier alpha value is -1.63. The standard InChI is InChI=1S/C13H23N3O4/c17-11(5-4-6-12(18)19)15-13(20)14-7-10-16-8-2-1-3-9-16/h1-10H2,(H,18,19)(H2,14,15,17,20). The van der Waals surface area contributed by atoms with Gasteiger partial charge in [0.2, 0.25) is 5.91 Å². The Morgan fingerprint density at radius 3 is 2.40 bits per heavy atom. The maximum absolute atomic E-state index is 11.4. The van der Waals surface area contributed by atoms with E-state index in [0.29, 0.717) is 6.54 Å². The minimum atomic E-state index is -0.941. The number of carbonyl (C=O) groups excluding carboxylic acids is 2. The van der Waals surface area contributed by atoms with E-state index in [1.807, 2.05) is 0 Å². The first-order chi connectivity index (χ1) is 9.58. The molecule has 0 aromatic carbocycles. The molecule has 0 aromatic rings. The molecule has 20 heavy (non-hydrogen) atoms. The highest BCUT2D eigenvalue weighted by molar-refractivity contribution is 5.94. The van der Waals surface area contributed by atoms with Crippen LogP contribution in [0.1, 0.15) is 38.5 Å². The number of likely N-dealkylation sites (tertiary alicyclic amines) is 1. The summed E-state index contributed by atoms with van der Waals surface area (Å²) in [6.45, 7) is 3.43. The van der Waals surface area contributed by atoms with Gasteiger partial charge >= 0.3 is 12.0 Å². The van der Waals surface area contributed by atoms with E-state index in [-0.39, 0.29) is 19.3 Å². The van der Waals surface area contributed by atoms with Gasteiger partial charge in [0, 0.05) is 25.9 Å². The van der Waals surface area contributed by atoms with E-state index in [1.165, 1.54) is 19.3 Å². The summed E-state index contributed by atoms with van der Waals surface area (Å²) in [4.78, 5) is 35.3. The molecule has 0 atom stereocenters. The maximum Gasteiger partial charge on any atom is 0.321 e. The van der Waals surface area contributed by atoms with Crippen molar-refractivity contribution >= 4 is 17.9 Å². The molecule has 1 heterocycles. The molecule has 1 rings (SSSR count). The minimum Gasteiger partial charge on any atom is -0.481 e. The molecule has 0 aromatic heterocycles. The Bertz CT molecular complexity index is 341. The number of hydrogen-bond acceptors (Lipinski definition) is 4. The molecule has 1 aliphatic rings. The number of carboxylic acids is 1. The lowest BCUT2D eigenvalue weighted by molar-refractivity contribution is -0.137. The van der Waals surface area contributed by atoms with Gasteiger partial charge in [0.05, 0.1) is 0 Å². The van der Waals surface area contributed by atoms with Crippen LogP contribution in [0.4, 0.5) is 4.79 Å². The molecular formula is C13H23N3O4. The first kappa shape index (κ1) is 16.4. The summed E-state index contributed by atoms with van der Waals surface area (Å²) in [6, 6.07) is -0.512. The Morgan fingerprint density at radius 2 is 1.75 bits per heavy atom. The van der Waals surface area contributed by atoms with Crippen LogP contribution in [0, 0.1) is 0 Å². The first-order valence-corrected chi connectivity index (χ1v) is 7.10. The number of rotatable bonds is 7. The van der Waals surface area contributed by atoms with Crippen LogP contribution in [-0.2, 0) is 9.59 Å². The number of amides is 3. The molecule has 0 spiro atoms. The predicted molar refractivity (Wildman–Crippen MR) is 73.3 cm³/mol. The zero-order valence-corrected chi connectivity index (χ0v) is 11.7. The fraction of sp³-hybridized carbons (Fsp3) is 0.769. The number of urea groups is 1. The lowest BCUT2D eigenvalue weighted by Gasteiger charge is -2.26. The molecular weight excluding hydrogens is 262 g/mol. The van der Waals surface area contributed by atoms with Crippen molar-refractivity contribution in [2.75, 3.05) is 26.2 Å². The van der Waals surface area contributed by atoms with Gasteiger partial charge in [-0.25, -0.2) is 4.79 Å². The van der Waals surface area contributed by atoms with Crippen LogP contribution >= 0.6 is 0 Å². The molecule has 3 N–H and O–H groups in total. The molecule has 1 fully saturated rings. The molecule has 7 nitrogen and oxygen atoms in total. The molecule has 1 aliphatic heterocycles. The largest absolute Gasteiger partial charge is 0.481 e. The number of carboxylic acid groups (broad SMARTS) is 1. The Labute approximate surface area is 118 Å². The van der Waals surface area contributed by atoms with Crippen molar-refractivity contribution in [1.29, 1.82) is 0 Å². The third-order valence-corrected chi connectivity index (χ3v) is 3.21. The third kappa shape index (κ3) is 7.73. The van der Waals surface area contributed by atoms with Crippen LogP contribution in [0.3, 0.4) is 0 Å². The molecule has 0 bridgehead atoms. The van der Waals surface area contributed by atoms with Gasteiger partial charge in [-0.05, 0) is 32.4 Å². The van der Waals surface area contributed by atoms with E-state index in [4.69, 9.17) is 5.11 Å². The Balaban J connectivity index is 2.04. The fourth-order valence-corrected chi connectivity index (χ4v) is 2.14. The number of nitrogens with one attached hydrogen (secondary N) is 2. The van der Waals surface area contributed by atoms with Gasteiger partial charge in [-0.1, -0.05) is 6.42 Å². The normalized spacial score (nSPS) is 15.6. The van der Waals surface area contributed by atoms with E-state index in [1.54, 1.807) is 0 Å². The van der Waals surface area contributed by atoms with Gasteiger partial charge in [-0.2, -0.15) is 0 Å². The number of nitrogens with zero attached hydrogens (tertiary/aromatic N) is 1. The van der Waals surface area contributed by atoms with Crippen molar-refractivity contribution in [3.8, 4) is 0 Å². The summed E-state index contributed by atoms with van der Waals surface area (Å²) in [5.74, 6) is -1.38. The summed E-state index contributed by atoms with van der Waals surface area (Å²) in [5, 5.41) is 13.3. The molecule has 0 radical (unpaired) electrons. The monoisotopic (exact) mass is 285 g/mol. The third-order valence-electron chi connectivity index (χ3n) is 3.21. The summed E-state index contributed by atoms with van der Waals surface area (Å²) >= 11 is 0. The summed E-state index contributed by atoms with van der Waals surface area (Å²) in [7, 11) is 0. The van der Waals surface area contributed by atoms with Gasteiger partial charge in [-0.15, -0.1) is 0 Å². The average molecular weight is 285 g/mol. The number of hydrogen-bond donors (Lipinski definition) is 3. The van der Waals surface area contributed by atoms with Crippen molar-refractivity contribution in [2.45, 2.75) is 38.5 Å². The molecule has 0 saturated carbocycles. The van der Waals surface area contributed by atoms with Crippen LogP contribution < -0.4 is 10.6 Å². The SMILES string of the molecule is O=C(O)CCCC(=O)NC(=O)NCCN1CCCCC1. The van der Waals surface area contributed by atoms with Crippen molar-refractivity contribution in [1.82, 2.24) is 15.5 Å². The Kier molecular flexibility index (Phi) is 7.64. The van der Waals surface area contributed by atoms with E-state index < -0.39 is 17.9 Å². The molecule has 114 valence electrons. The van der Waals surface area contributed by atoms with E-state index in [9.17, 15) is 14.4 Å². The summed E-state index contributed by atoms with van der Waals surface area (Å²) < 4.78 is 0. The first-order valence-electron chi connectivity index (χ1n) is 7.10. The van der Waals surface area contributed by atoms with Crippen LogP contribution in [-0.4, -0.2) is 54.1 Å². The second kappa shape index (κ2) is 9.30. The smallest absolute Gasteiger partial charge is 0.321 e. The van der Waals surface area contributed by atoms with Gasteiger partial charge < -0.3 is 15.3 Å². The molecule has 0 aliphatic carbocycles. The zero-order valence-electron chi connectivity index (χ0n) is 11.7. The maximum atomic E-state index is 11.4. The van der Waals surface area contributed by atoms with E-state index in [0.717, 1.165) is 19.6 Å². The quantitative estimate of drug-likeness (QED) is 0.634. The topological polar surface area (TPSA) is 98.7 Å². The molecule has 1 saturated heterocycles. The van der Waals surface area contributed by atoms with E-state index in [2.05, 4.69) is 15.5 Å². The summed E-state index contributed by atoms with van der Waals surface area (Å²) in [5.41, 5.74) is 0. The molecule has 0 unspecified atom stereocenters. The van der Waals surface area contributed by atoms with Gasteiger partial charge in [-0.3, -0.25) is 14.9 Å². The van der Waals surface area contributed by atoms with Crippen molar-refractivity contribution in [3.63, 3.8) is 0 Å². The number of piperidine rings is 1. The predicted octanol–water partition coefficient (Wildman–Crippen LogP) is 0.553. The molecule has 7 heteroatoms. The number of carbonyl (C=O) groups is 3. The van der Waals surface area contributed by atoms with Crippen molar-refractivity contribution in [3.05, 3.63) is 0 Å². The number of imide groups is 1. The summed E-state index contributed by atoms with van der Waals surface area (Å²) in [6.07, 6.45) is 3.90. The highest BCUT2D eigenvalue weighted by Gasteiger charge is 2.11. The Morgan fingerprint density at radius 1 is 1.05 bits per heavy atom. The van der Waals surface area contributed by atoms with Gasteiger partial charge in [0.15, 0.2) is 0 Å². The second-order valence-electron chi connectivity index (χ2n) is 4.95.